The maximum Gasteiger partial charge on any atom is 0.226 e. The topological polar surface area (TPSA) is 46.3 Å². The van der Waals surface area contributed by atoms with E-state index in [-0.39, 0.29) is 5.92 Å². The zero-order chi connectivity index (χ0) is 12.1. The molecule has 1 aliphatic heterocycles. The van der Waals surface area contributed by atoms with Crippen molar-refractivity contribution in [2.75, 3.05) is 13.1 Å². The second-order valence-corrected chi connectivity index (χ2v) is 5.24. The predicted octanol–water partition coefficient (Wildman–Crippen LogP) is 2.07. The van der Waals surface area contributed by atoms with Crippen LogP contribution < -0.4 is 5.73 Å². The number of piperidine rings is 1. The molecule has 2 N–H and O–H groups in total. The van der Waals surface area contributed by atoms with Crippen LogP contribution >= 0.6 is 0 Å². The van der Waals surface area contributed by atoms with Crippen molar-refractivity contribution in [1.29, 1.82) is 0 Å². The monoisotopic (exact) mass is 236 g/mol. The first-order valence-corrected chi connectivity index (χ1v) is 6.98. The summed E-state index contributed by atoms with van der Waals surface area (Å²) >= 11 is 0. The van der Waals surface area contributed by atoms with Crippen LogP contribution in [0.3, 0.4) is 0 Å². The van der Waals surface area contributed by atoms with Gasteiger partial charge in [0.1, 0.15) is 0 Å². The molecule has 2 atom stereocenters. The van der Waals surface area contributed by atoms with Gasteiger partial charge in [0.25, 0.3) is 0 Å². The molecule has 1 aliphatic carbocycles. The minimum atomic E-state index is 0.235. The molecule has 3 heteroatoms. The average molecular weight is 236 g/mol. The van der Waals surface area contributed by atoms with Gasteiger partial charge in [-0.05, 0) is 51.5 Å². The number of hydrogen-bond acceptors (Lipinski definition) is 2. The van der Waals surface area contributed by atoms with Gasteiger partial charge in [0.15, 0.2) is 0 Å². The van der Waals surface area contributed by atoms with E-state index in [4.69, 9.17) is 5.73 Å². The number of likely N-dealkylation sites (tertiary alicyclic amines) is 1. The zero-order valence-electron chi connectivity index (χ0n) is 10.6. The van der Waals surface area contributed by atoms with E-state index in [9.17, 15) is 4.79 Å². The normalized spacial score (nSPS) is 29.4. The van der Waals surface area contributed by atoms with Crippen molar-refractivity contribution in [1.82, 2.24) is 4.90 Å². The highest BCUT2D eigenvalue weighted by molar-refractivity contribution is 5.79. The van der Waals surface area contributed by atoms with Gasteiger partial charge >= 0.3 is 0 Å². The standard InChI is InChI=1S/C14H24N2O/c15-10-9-13-8-4-5-11-16(13)14(17)12-6-2-1-3-7-12/h1-2,12-13H,3-11,15H2. The van der Waals surface area contributed by atoms with E-state index in [2.05, 4.69) is 17.1 Å². The molecule has 2 aliphatic rings. The number of carbonyl (C=O) groups is 1. The largest absolute Gasteiger partial charge is 0.339 e. The van der Waals surface area contributed by atoms with Crippen molar-refractivity contribution in [3.8, 4) is 0 Å². The number of amides is 1. The average Bonchev–Trinajstić information content (AvgIpc) is 2.40. The summed E-state index contributed by atoms with van der Waals surface area (Å²) in [5.74, 6) is 0.617. The van der Waals surface area contributed by atoms with Crippen molar-refractivity contribution >= 4 is 5.91 Å². The van der Waals surface area contributed by atoms with E-state index < -0.39 is 0 Å². The van der Waals surface area contributed by atoms with Crippen LogP contribution in [0, 0.1) is 5.92 Å². The van der Waals surface area contributed by atoms with E-state index in [1.54, 1.807) is 0 Å². The van der Waals surface area contributed by atoms with Gasteiger partial charge in [-0.1, -0.05) is 12.2 Å². The van der Waals surface area contributed by atoms with Crippen LogP contribution in [0.15, 0.2) is 12.2 Å². The predicted molar refractivity (Wildman–Crippen MR) is 69.5 cm³/mol. The molecule has 1 heterocycles. The van der Waals surface area contributed by atoms with Gasteiger partial charge in [0.2, 0.25) is 5.91 Å². The molecule has 17 heavy (non-hydrogen) atoms. The van der Waals surface area contributed by atoms with Gasteiger partial charge < -0.3 is 10.6 Å². The second kappa shape index (κ2) is 6.20. The van der Waals surface area contributed by atoms with Crippen LogP contribution in [0.25, 0.3) is 0 Å². The highest BCUT2D eigenvalue weighted by Crippen LogP contribution is 2.26. The van der Waals surface area contributed by atoms with Crippen LogP contribution in [-0.2, 0) is 4.79 Å². The van der Waals surface area contributed by atoms with Gasteiger partial charge in [0, 0.05) is 18.5 Å². The number of hydrogen-bond donors (Lipinski definition) is 1. The molecule has 1 fully saturated rings. The molecule has 2 rings (SSSR count). The first kappa shape index (κ1) is 12.6. The van der Waals surface area contributed by atoms with E-state index in [0.717, 1.165) is 45.1 Å². The number of nitrogens with two attached hydrogens (primary N) is 1. The summed E-state index contributed by atoms with van der Waals surface area (Å²) in [6.07, 6.45) is 11.9. The van der Waals surface area contributed by atoms with Crippen molar-refractivity contribution < 1.29 is 4.79 Å². The van der Waals surface area contributed by atoms with Crippen LogP contribution in [0.5, 0.6) is 0 Å². The summed E-state index contributed by atoms with van der Waals surface area (Å²) in [5, 5.41) is 0. The van der Waals surface area contributed by atoms with Crippen LogP contribution in [-0.4, -0.2) is 29.9 Å². The maximum absolute atomic E-state index is 12.5. The summed E-state index contributed by atoms with van der Waals surface area (Å²) < 4.78 is 0. The highest BCUT2D eigenvalue weighted by atomic mass is 16.2. The molecule has 0 aromatic heterocycles. The molecular formula is C14H24N2O. The van der Waals surface area contributed by atoms with Crippen LogP contribution in [0.4, 0.5) is 0 Å². The van der Waals surface area contributed by atoms with Crippen LogP contribution in [0.2, 0.25) is 0 Å². The van der Waals surface area contributed by atoms with Gasteiger partial charge in [-0.25, -0.2) is 0 Å². The number of carbonyl (C=O) groups excluding carboxylic acids is 1. The Bertz CT molecular complexity index is 286. The molecular weight excluding hydrogens is 212 g/mol. The summed E-state index contributed by atoms with van der Waals surface area (Å²) in [5.41, 5.74) is 5.65. The lowest BCUT2D eigenvalue weighted by molar-refractivity contribution is -0.139. The number of nitrogens with zero attached hydrogens (tertiary/aromatic N) is 1. The Kier molecular flexibility index (Phi) is 4.60. The van der Waals surface area contributed by atoms with Crippen molar-refractivity contribution in [3.63, 3.8) is 0 Å². The number of rotatable bonds is 3. The second-order valence-electron chi connectivity index (χ2n) is 5.24. The highest BCUT2D eigenvalue weighted by Gasteiger charge is 2.30. The van der Waals surface area contributed by atoms with E-state index in [1.807, 2.05) is 0 Å². The molecule has 0 saturated carbocycles. The van der Waals surface area contributed by atoms with Gasteiger partial charge in [-0.15, -0.1) is 0 Å². The first-order chi connectivity index (χ1) is 8.33. The fourth-order valence-corrected chi connectivity index (χ4v) is 3.04. The molecule has 96 valence electrons. The Labute approximate surface area is 104 Å². The minimum absolute atomic E-state index is 0.235. The van der Waals surface area contributed by atoms with Gasteiger partial charge in [0.05, 0.1) is 0 Å². The summed E-state index contributed by atoms with van der Waals surface area (Å²) in [4.78, 5) is 14.6. The molecule has 0 aromatic rings. The molecule has 1 amide bonds. The Morgan fingerprint density at radius 1 is 1.29 bits per heavy atom. The molecule has 0 bridgehead atoms. The fraction of sp³-hybridized carbons (Fsp3) is 0.786. The number of allylic oxidation sites excluding steroid dienone is 2. The summed E-state index contributed by atoms with van der Waals surface area (Å²) in [6, 6.07) is 0.409. The van der Waals surface area contributed by atoms with Crippen molar-refractivity contribution in [3.05, 3.63) is 12.2 Å². The lowest BCUT2D eigenvalue weighted by atomic mass is 9.90. The fourth-order valence-electron chi connectivity index (χ4n) is 3.04. The molecule has 2 unspecified atom stereocenters. The first-order valence-electron chi connectivity index (χ1n) is 6.98. The van der Waals surface area contributed by atoms with E-state index in [1.165, 1.54) is 6.42 Å². The molecule has 1 saturated heterocycles. The smallest absolute Gasteiger partial charge is 0.226 e. The van der Waals surface area contributed by atoms with Crippen molar-refractivity contribution in [2.24, 2.45) is 11.7 Å². The minimum Gasteiger partial charge on any atom is -0.339 e. The maximum atomic E-state index is 12.5. The Hall–Kier alpha value is -0.830. The third kappa shape index (κ3) is 3.09. The van der Waals surface area contributed by atoms with Crippen molar-refractivity contribution in [2.45, 2.75) is 51.0 Å². The SMILES string of the molecule is NCCC1CCCCN1C(=O)C1CC=CCC1. The quantitative estimate of drug-likeness (QED) is 0.763. The lowest BCUT2D eigenvalue weighted by Crippen LogP contribution is -2.47. The molecule has 0 aromatic carbocycles. The Morgan fingerprint density at radius 2 is 2.18 bits per heavy atom. The lowest BCUT2D eigenvalue weighted by Gasteiger charge is -2.38. The van der Waals surface area contributed by atoms with Gasteiger partial charge in [-0.2, -0.15) is 0 Å². The molecule has 3 nitrogen and oxygen atoms in total. The summed E-state index contributed by atoms with van der Waals surface area (Å²) in [7, 11) is 0. The Morgan fingerprint density at radius 3 is 2.88 bits per heavy atom. The van der Waals surface area contributed by atoms with Gasteiger partial charge in [-0.3, -0.25) is 4.79 Å². The van der Waals surface area contributed by atoms with E-state index in [0.29, 0.717) is 18.5 Å². The zero-order valence-corrected chi connectivity index (χ0v) is 10.6. The molecule has 0 spiro atoms. The third-order valence-corrected chi connectivity index (χ3v) is 4.03. The molecule has 0 radical (unpaired) electrons. The van der Waals surface area contributed by atoms with Crippen LogP contribution in [0.1, 0.15) is 44.9 Å². The van der Waals surface area contributed by atoms with E-state index >= 15 is 0 Å². The third-order valence-electron chi connectivity index (χ3n) is 4.03. The Balaban J connectivity index is 1.97. The summed E-state index contributed by atoms with van der Waals surface area (Å²) in [6.45, 7) is 1.64.